The van der Waals surface area contributed by atoms with Crippen LogP contribution in [0.5, 0.6) is 0 Å². The van der Waals surface area contributed by atoms with Crippen LogP contribution < -0.4 is 0 Å². The quantitative estimate of drug-likeness (QED) is 0.625. The lowest BCUT2D eigenvalue weighted by Crippen LogP contribution is -2.34. The standard InChI is InChI=1S/C11H20O2/c1-3-5-6-10(4-2)11-9-12-7-8-13-11/h5-6,10-11H,3-4,7-9H2,1-2H3. The highest BCUT2D eigenvalue weighted by atomic mass is 16.6. The molecule has 1 rings (SSSR count). The van der Waals surface area contributed by atoms with Gasteiger partial charge >= 0.3 is 0 Å². The van der Waals surface area contributed by atoms with Crippen molar-refractivity contribution in [2.75, 3.05) is 19.8 Å². The van der Waals surface area contributed by atoms with Crippen molar-refractivity contribution in [2.24, 2.45) is 5.92 Å². The van der Waals surface area contributed by atoms with Crippen molar-refractivity contribution in [2.45, 2.75) is 32.8 Å². The van der Waals surface area contributed by atoms with E-state index in [1.807, 2.05) is 0 Å². The largest absolute Gasteiger partial charge is 0.376 e. The molecular weight excluding hydrogens is 164 g/mol. The second-order valence-corrected chi connectivity index (χ2v) is 3.39. The van der Waals surface area contributed by atoms with Crippen molar-refractivity contribution in [1.82, 2.24) is 0 Å². The lowest BCUT2D eigenvalue weighted by molar-refractivity contribution is -0.104. The molecule has 1 fully saturated rings. The molecule has 2 atom stereocenters. The van der Waals surface area contributed by atoms with E-state index in [9.17, 15) is 0 Å². The van der Waals surface area contributed by atoms with E-state index >= 15 is 0 Å². The van der Waals surface area contributed by atoms with E-state index in [1.54, 1.807) is 0 Å². The average Bonchev–Trinajstić information content (AvgIpc) is 2.21. The Morgan fingerprint density at radius 2 is 2.23 bits per heavy atom. The van der Waals surface area contributed by atoms with Gasteiger partial charge in [0.2, 0.25) is 0 Å². The fraction of sp³-hybridized carbons (Fsp3) is 0.818. The van der Waals surface area contributed by atoms with E-state index in [4.69, 9.17) is 9.47 Å². The zero-order valence-electron chi connectivity index (χ0n) is 8.66. The van der Waals surface area contributed by atoms with Crippen molar-refractivity contribution in [3.8, 4) is 0 Å². The molecule has 0 N–H and O–H groups in total. The Hall–Kier alpha value is -0.340. The maximum Gasteiger partial charge on any atom is 0.0871 e. The maximum absolute atomic E-state index is 5.65. The summed E-state index contributed by atoms with van der Waals surface area (Å²) >= 11 is 0. The Bertz CT molecular complexity index is 148. The molecule has 2 heteroatoms. The van der Waals surface area contributed by atoms with Crippen LogP contribution >= 0.6 is 0 Å². The van der Waals surface area contributed by atoms with Crippen LogP contribution in [0.2, 0.25) is 0 Å². The van der Waals surface area contributed by atoms with Crippen LogP contribution in [0.4, 0.5) is 0 Å². The minimum Gasteiger partial charge on any atom is -0.376 e. The summed E-state index contributed by atoms with van der Waals surface area (Å²) in [6.07, 6.45) is 6.99. The van der Waals surface area contributed by atoms with Crippen LogP contribution in [-0.2, 0) is 9.47 Å². The summed E-state index contributed by atoms with van der Waals surface area (Å²) in [6.45, 7) is 6.61. The van der Waals surface area contributed by atoms with Gasteiger partial charge in [-0.1, -0.05) is 26.0 Å². The van der Waals surface area contributed by atoms with Gasteiger partial charge in [0.25, 0.3) is 0 Å². The van der Waals surface area contributed by atoms with Crippen LogP contribution in [0.15, 0.2) is 12.2 Å². The summed E-state index contributed by atoms with van der Waals surface area (Å²) in [7, 11) is 0. The molecule has 1 aliphatic rings. The summed E-state index contributed by atoms with van der Waals surface area (Å²) in [5.41, 5.74) is 0. The molecule has 0 spiro atoms. The number of hydrogen-bond donors (Lipinski definition) is 0. The van der Waals surface area contributed by atoms with Crippen molar-refractivity contribution in [1.29, 1.82) is 0 Å². The molecule has 0 saturated carbocycles. The molecule has 1 aliphatic heterocycles. The summed E-state index contributed by atoms with van der Waals surface area (Å²) in [4.78, 5) is 0. The third-order valence-corrected chi connectivity index (χ3v) is 2.41. The van der Waals surface area contributed by atoms with E-state index in [0.717, 1.165) is 32.7 Å². The Balaban J connectivity index is 2.39. The van der Waals surface area contributed by atoms with Gasteiger partial charge in [0.1, 0.15) is 0 Å². The first-order chi connectivity index (χ1) is 6.38. The topological polar surface area (TPSA) is 18.5 Å². The molecule has 0 aliphatic carbocycles. The Kier molecular flexibility index (Phi) is 5.09. The second-order valence-electron chi connectivity index (χ2n) is 3.39. The maximum atomic E-state index is 5.65. The van der Waals surface area contributed by atoms with Crippen LogP contribution in [-0.4, -0.2) is 25.9 Å². The van der Waals surface area contributed by atoms with E-state index < -0.39 is 0 Å². The third kappa shape index (κ3) is 3.49. The predicted molar refractivity (Wildman–Crippen MR) is 53.8 cm³/mol. The summed E-state index contributed by atoms with van der Waals surface area (Å²) in [5, 5.41) is 0. The molecular formula is C11H20O2. The van der Waals surface area contributed by atoms with E-state index in [0.29, 0.717) is 5.92 Å². The fourth-order valence-corrected chi connectivity index (χ4v) is 1.59. The molecule has 0 bridgehead atoms. The molecule has 1 heterocycles. The molecule has 76 valence electrons. The normalized spacial score (nSPS) is 26.5. The minimum atomic E-state index is 0.279. The first kappa shape index (κ1) is 10.7. The van der Waals surface area contributed by atoms with Gasteiger partial charge in [-0.3, -0.25) is 0 Å². The van der Waals surface area contributed by atoms with Gasteiger partial charge in [-0.2, -0.15) is 0 Å². The van der Waals surface area contributed by atoms with Gasteiger partial charge in [0, 0.05) is 5.92 Å². The van der Waals surface area contributed by atoms with Gasteiger partial charge in [-0.25, -0.2) is 0 Å². The van der Waals surface area contributed by atoms with Crippen LogP contribution in [0.25, 0.3) is 0 Å². The zero-order chi connectivity index (χ0) is 9.52. The number of ether oxygens (including phenoxy) is 2. The van der Waals surface area contributed by atoms with E-state index in [1.165, 1.54) is 0 Å². The predicted octanol–water partition coefficient (Wildman–Crippen LogP) is 2.39. The van der Waals surface area contributed by atoms with Crippen molar-refractivity contribution in [3.05, 3.63) is 12.2 Å². The molecule has 1 saturated heterocycles. The number of allylic oxidation sites excluding steroid dienone is 1. The Labute approximate surface area is 80.9 Å². The van der Waals surface area contributed by atoms with Crippen molar-refractivity contribution < 1.29 is 9.47 Å². The third-order valence-electron chi connectivity index (χ3n) is 2.41. The Morgan fingerprint density at radius 3 is 2.77 bits per heavy atom. The lowest BCUT2D eigenvalue weighted by Gasteiger charge is -2.28. The molecule has 0 amide bonds. The molecule has 0 aromatic heterocycles. The SMILES string of the molecule is CCC=CC(CC)C1COCCO1. The van der Waals surface area contributed by atoms with Gasteiger partial charge in [-0.15, -0.1) is 0 Å². The highest BCUT2D eigenvalue weighted by Gasteiger charge is 2.21. The molecule has 13 heavy (non-hydrogen) atoms. The monoisotopic (exact) mass is 184 g/mol. The van der Waals surface area contributed by atoms with Gasteiger partial charge in [-0.05, 0) is 12.8 Å². The lowest BCUT2D eigenvalue weighted by atomic mass is 9.98. The first-order valence-corrected chi connectivity index (χ1v) is 5.24. The summed E-state index contributed by atoms with van der Waals surface area (Å²) in [5.74, 6) is 0.528. The van der Waals surface area contributed by atoms with Crippen molar-refractivity contribution >= 4 is 0 Å². The van der Waals surface area contributed by atoms with Gasteiger partial charge in [0.15, 0.2) is 0 Å². The smallest absolute Gasteiger partial charge is 0.0871 e. The molecule has 0 aromatic carbocycles. The van der Waals surface area contributed by atoms with Gasteiger partial charge < -0.3 is 9.47 Å². The fourth-order valence-electron chi connectivity index (χ4n) is 1.59. The highest BCUT2D eigenvalue weighted by Crippen LogP contribution is 2.17. The Morgan fingerprint density at radius 1 is 1.38 bits per heavy atom. The molecule has 2 nitrogen and oxygen atoms in total. The molecule has 2 unspecified atom stereocenters. The second kappa shape index (κ2) is 6.17. The minimum absolute atomic E-state index is 0.279. The average molecular weight is 184 g/mol. The van der Waals surface area contributed by atoms with Crippen molar-refractivity contribution in [3.63, 3.8) is 0 Å². The van der Waals surface area contributed by atoms with Gasteiger partial charge in [0.05, 0.1) is 25.9 Å². The van der Waals surface area contributed by atoms with Crippen LogP contribution in [0.1, 0.15) is 26.7 Å². The molecule has 0 radical (unpaired) electrons. The summed E-state index contributed by atoms with van der Waals surface area (Å²) in [6, 6.07) is 0. The molecule has 0 aromatic rings. The van der Waals surface area contributed by atoms with Crippen LogP contribution in [0, 0.1) is 5.92 Å². The van der Waals surface area contributed by atoms with E-state index in [-0.39, 0.29) is 6.10 Å². The first-order valence-electron chi connectivity index (χ1n) is 5.24. The van der Waals surface area contributed by atoms with E-state index in [2.05, 4.69) is 26.0 Å². The van der Waals surface area contributed by atoms with Crippen LogP contribution in [0.3, 0.4) is 0 Å². The summed E-state index contributed by atoms with van der Waals surface area (Å²) < 4.78 is 11.0. The highest BCUT2D eigenvalue weighted by molar-refractivity contribution is 4.91. The zero-order valence-corrected chi connectivity index (χ0v) is 8.66. The number of rotatable bonds is 4. The number of hydrogen-bond acceptors (Lipinski definition) is 2.